The Labute approximate surface area is 384 Å². The number of nitrogens with two attached hydrogens (primary N) is 1. The number of aliphatic hydroxyl groups excluding tert-OH is 1. The molecule has 7 amide bonds. The van der Waals surface area contributed by atoms with Crippen molar-refractivity contribution in [1.82, 2.24) is 35.7 Å². The summed E-state index contributed by atoms with van der Waals surface area (Å²) in [4.78, 5) is 112. The molecule has 1 aliphatic rings. The van der Waals surface area contributed by atoms with Crippen LogP contribution in [0.3, 0.4) is 0 Å². The number of anilines is 1. The van der Waals surface area contributed by atoms with Gasteiger partial charge in [0.1, 0.15) is 30.5 Å². The number of ether oxygens (including phenoxy) is 4. The number of aromatic nitrogens is 1. The Hall–Kier alpha value is -6.03. The average molecular weight is 954 g/mol. The van der Waals surface area contributed by atoms with Gasteiger partial charge in [-0.2, -0.15) is 0 Å². The first-order valence-corrected chi connectivity index (χ1v) is 21.6. The molecule has 1 aromatic carbocycles. The van der Waals surface area contributed by atoms with Crippen LogP contribution in [0.15, 0.2) is 29.8 Å². The van der Waals surface area contributed by atoms with Crippen LogP contribution in [-0.2, 0) is 65.8 Å². The zero-order chi connectivity index (χ0) is 48.8. The molecule has 0 aliphatic carbocycles. The highest BCUT2D eigenvalue weighted by Gasteiger charge is 2.33. The van der Waals surface area contributed by atoms with E-state index in [4.69, 9.17) is 30.0 Å². The Morgan fingerprint density at radius 2 is 1.79 bits per heavy atom. The fourth-order valence-electron chi connectivity index (χ4n) is 6.49. The van der Waals surface area contributed by atoms with Crippen LogP contribution in [0.2, 0.25) is 0 Å². The number of carboxylic acid groups (broad SMARTS) is 1. The first-order chi connectivity index (χ1) is 31.5. The summed E-state index contributed by atoms with van der Waals surface area (Å²) in [5.74, 6) is 0.288. The van der Waals surface area contributed by atoms with E-state index < -0.39 is 87.1 Å². The number of carboxylic acids is 1. The number of nitrogens with one attached hydrogen (secondary N) is 4. The molecule has 9 N–H and O–H groups in total. The average Bonchev–Trinajstić information content (AvgIpc) is 4.00. The summed E-state index contributed by atoms with van der Waals surface area (Å²) in [5, 5.41) is 38.1. The molecular formula is C40H59N9O16S. The Balaban J connectivity index is 1.50. The quantitative estimate of drug-likeness (QED) is 0.0173. The topological polar surface area (TPSA) is 340 Å². The maximum Gasteiger partial charge on any atom is 0.410 e. The summed E-state index contributed by atoms with van der Waals surface area (Å²) in [6.07, 6.45) is -1.86. The third-order valence-corrected chi connectivity index (χ3v) is 10.9. The van der Waals surface area contributed by atoms with E-state index >= 15 is 0 Å². The number of hydrazine groups is 1. The molecule has 1 saturated heterocycles. The summed E-state index contributed by atoms with van der Waals surface area (Å²) < 4.78 is 21.6. The third-order valence-electron chi connectivity index (χ3n) is 10.1. The zero-order valence-corrected chi connectivity index (χ0v) is 37.9. The van der Waals surface area contributed by atoms with E-state index in [1.54, 1.807) is 11.1 Å². The van der Waals surface area contributed by atoms with Gasteiger partial charge in [0.2, 0.25) is 41.7 Å². The van der Waals surface area contributed by atoms with Crippen molar-refractivity contribution in [3.8, 4) is 5.75 Å². The third kappa shape index (κ3) is 18.5. The van der Waals surface area contributed by atoms with E-state index in [2.05, 4.69) is 25.8 Å². The molecule has 3 rings (SSSR count). The van der Waals surface area contributed by atoms with Gasteiger partial charge in [0.15, 0.2) is 6.10 Å². The number of aliphatic carboxylic acids is 1. The Kier molecular flexibility index (Phi) is 23.1. The highest BCUT2D eigenvalue weighted by molar-refractivity contribution is 7.09. The first kappa shape index (κ1) is 54.3. The predicted molar refractivity (Wildman–Crippen MR) is 231 cm³/mol. The minimum absolute atomic E-state index is 0.00636. The summed E-state index contributed by atoms with van der Waals surface area (Å²) in [6.45, 7) is -0.244. The van der Waals surface area contributed by atoms with E-state index in [-0.39, 0.29) is 66.6 Å². The minimum Gasteiger partial charge on any atom is -0.479 e. The molecule has 0 bridgehead atoms. The molecule has 2 heterocycles. The summed E-state index contributed by atoms with van der Waals surface area (Å²) in [5.41, 5.74) is 2.10. The largest absolute Gasteiger partial charge is 0.479 e. The molecule has 1 fully saturated rings. The molecule has 0 radical (unpaired) electrons. The van der Waals surface area contributed by atoms with Crippen LogP contribution in [0, 0.1) is 5.92 Å². The molecule has 25 nitrogen and oxygen atoms in total. The lowest BCUT2D eigenvalue weighted by Crippen LogP contribution is -2.46. The van der Waals surface area contributed by atoms with Crippen LogP contribution < -0.4 is 32.0 Å². The van der Waals surface area contributed by atoms with E-state index in [0.717, 1.165) is 22.7 Å². The van der Waals surface area contributed by atoms with Gasteiger partial charge in [0.05, 0.1) is 37.9 Å². The second-order valence-corrected chi connectivity index (χ2v) is 16.1. The van der Waals surface area contributed by atoms with Crippen molar-refractivity contribution in [3.05, 3.63) is 40.3 Å². The van der Waals surface area contributed by atoms with Crippen molar-refractivity contribution in [2.45, 2.75) is 83.1 Å². The normalized spacial score (nSPS) is 15.1. The number of likely N-dealkylation sites (N-methyl/N-ethyl adjacent to an activating group) is 2. The predicted octanol–water partition coefficient (Wildman–Crippen LogP) is -0.610. The highest BCUT2D eigenvalue weighted by atomic mass is 32.1. The number of carbonyl (C=O) groups excluding carboxylic acids is 7. The highest BCUT2D eigenvalue weighted by Crippen LogP contribution is 2.29. The number of hydrogen-bond acceptors (Lipinski definition) is 18. The molecule has 0 saturated carbocycles. The minimum atomic E-state index is -1.77. The van der Waals surface area contributed by atoms with E-state index in [0.29, 0.717) is 19.5 Å². The Morgan fingerprint density at radius 1 is 1.05 bits per heavy atom. The van der Waals surface area contributed by atoms with Crippen LogP contribution in [-0.4, -0.2) is 168 Å². The molecule has 366 valence electrons. The van der Waals surface area contributed by atoms with Gasteiger partial charge in [-0.3, -0.25) is 39.5 Å². The molecule has 1 unspecified atom stereocenters. The van der Waals surface area contributed by atoms with Crippen molar-refractivity contribution < 1.29 is 77.7 Å². The first-order valence-electron chi connectivity index (χ1n) is 20.7. The number of thiazole rings is 1. The second-order valence-electron chi connectivity index (χ2n) is 15.1. The van der Waals surface area contributed by atoms with Gasteiger partial charge in [-0.05, 0) is 37.0 Å². The monoisotopic (exact) mass is 953 g/mol. The molecule has 1 aromatic heterocycles. The maximum atomic E-state index is 13.4. The molecule has 5 atom stereocenters. The number of carbonyl (C=O) groups is 8. The van der Waals surface area contributed by atoms with Crippen LogP contribution in [0.1, 0.15) is 56.0 Å². The van der Waals surface area contributed by atoms with Crippen molar-refractivity contribution in [2.24, 2.45) is 11.8 Å². The lowest BCUT2D eigenvalue weighted by Gasteiger charge is -2.29. The number of benzene rings is 1. The Bertz CT molecular complexity index is 1940. The number of likely N-dealkylation sites (tertiary alicyclic amines) is 1. The van der Waals surface area contributed by atoms with Crippen LogP contribution >= 0.6 is 11.3 Å². The van der Waals surface area contributed by atoms with Crippen molar-refractivity contribution in [2.75, 3.05) is 65.9 Å². The number of rotatable bonds is 28. The molecule has 26 heteroatoms. The van der Waals surface area contributed by atoms with E-state index in [9.17, 15) is 48.6 Å². The summed E-state index contributed by atoms with van der Waals surface area (Å²) >= 11 is 1.45. The smallest absolute Gasteiger partial charge is 0.410 e. The fraction of sp³-hybridized carbons (Fsp3) is 0.575. The van der Waals surface area contributed by atoms with Gasteiger partial charge in [0.25, 0.3) is 0 Å². The van der Waals surface area contributed by atoms with Gasteiger partial charge < -0.3 is 59.8 Å². The van der Waals surface area contributed by atoms with E-state index in [1.165, 1.54) is 55.6 Å². The number of methoxy groups -OCH3 is 1. The van der Waals surface area contributed by atoms with Crippen LogP contribution in [0.5, 0.6) is 5.75 Å². The summed E-state index contributed by atoms with van der Waals surface area (Å²) in [7, 11) is 4.21. The standard InChI is InChI=1S/C40H59N9O16S/c1-24(38(56)44-17-34-42-11-13-66-34)14-26-6-5-12-49(26)35(54)16-27(61-4)19-47(2)36(55)18-43-33(53)20-48(3)40(59)62-22-25-7-8-29(28(15-25)45-31(51)9-10-32(52)46-41)64-37(23-63-60)65-30(21-50)39(57)58/h7-8,11,13,15,24,26-27,30,37,50,60H,5-6,9-10,12,14,16-23,41H2,1-4H3,(H,43,53)(H,44,56)(H,45,51)(H,46,52)(H,57,58)/t24-,26+,27-,30?,37-/m1/s1. The van der Waals surface area contributed by atoms with Gasteiger partial charge in [-0.1, -0.05) is 13.0 Å². The molecule has 1 aliphatic heterocycles. The van der Waals surface area contributed by atoms with Crippen molar-refractivity contribution in [1.29, 1.82) is 0 Å². The number of aliphatic hydroxyl groups is 1. The van der Waals surface area contributed by atoms with Gasteiger partial charge >= 0.3 is 12.1 Å². The SMILES string of the molecule is CO[C@H](CC(=O)N1CCC[C@H]1C[C@@H](C)C(=O)NCc1nccs1)CN(C)C(=O)CNC(=O)CN(C)C(=O)OCc1ccc(O[C@@H](COO)OC(CO)C(=O)O)c(NC(=O)CCC(=O)NN)c1. The number of nitrogens with zero attached hydrogens (tertiary/aromatic N) is 4. The van der Waals surface area contributed by atoms with Crippen LogP contribution in [0.4, 0.5) is 10.5 Å². The van der Waals surface area contributed by atoms with Crippen molar-refractivity contribution in [3.63, 3.8) is 0 Å². The zero-order valence-electron chi connectivity index (χ0n) is 37.1. The lowest BCUT2D eigenvalue weighted by atomic mass is 9.99. The van der Waals surface area contributed by atoms with Gasteiger partial charge in [-0.15, -0.1) is 11.3 Å². The molecule has 0 spiro atoms. The van der Waals surface area contributed by atoms with Gasteiger partial charge in [-0.25, -0.2) is 25.3 Å². The lowest BCUT2D eigenvalue weighted by molar-refractivity contribution is -0.286. The molecular weight excluding hydrogens is 895 g/mol. The van der Waals surface area contributed by atoms with Crippen LogP contribution in [0.25, 0.3) is 0 Å². The molecule has 66 heavy (non-hydrogen) atoms. The van der Waals surface area contributed by atoms with Gasteiger partial charge in [0, 0.05) is 70.7 Å². The van der Waals surface area contributed by atoms with E-state index in [1.807, 2.05) is 17.7 Å². The number of hydrogen-bond donors (Lipinski definition) is 8. The number of amides is 7. The summed E-state index contributed by atoms with van der Waals surface area (Å²) in [6, 6.07) is 3.89. The molecule has 2 aromatic rings. The fourth-order valence-corrected chi connectivity index (χ4v) is 7.04. The second kappa shape index (κ2) is 28.1. The Morgan fingerprint density at radius 3 is 2.44 bits per heavy atom. The maximum absolute atomic E-state index is 13.4. The van der Waals surface area contributed by atoms with Crippen molar-refractivity contribution >= 4 is 64.5 Å².